The van der Waals surface area contributed by atoms with Gasteiger partial charge in [-0.3, -0.25) is 9.59 Å². The van der Waals surface area contributed by atoms with Crippen LogP contribution in [0.15, 0.2) is 48.5 Å². The molecule has 0 unspecified atom stereocenters. The van der Waals surface area contributed by atoms with Gasteiger partial charge in [0.05, 0.1) is 0 Å². The molecular weight excluding hydrogens is 364 g/mol. The van der Waals surface area contributed by atoms with Gasteiger partial charge in [-0.2, -0.15) is 0 Å². The highest BCUT2D eigenvalue weighted by Crippen LogP contribution is 2.31. The Hall–Kier alpha value is -3.55. The first-order valence-corrected chi connectivity index (χ1v) is 8.70. The fourth-order valence-electron chi connectivity index (χ4n) is 2.52. The second-order valence-electron chi connectivity index (χ2n) is 6.19. The first-order valence-electron chi connectivity index (χ1n) is 8.70. The van der Waals surface area contributed by atoms with Gasteiger partial charge < -0.3 is 24.8 Å². The molecule has 0 fully saturated rings. The van der Waals surface area contributed by atoms with Crippen molar-refractivity contribution >= 4 is 29.2 Å². The summed E-state index contributed by atoms with van der Waals surface area (Å²) in [5, 5.41) is 5.28. The molecule has 8 heteroatoms. The van der Waals surface area contributed by atoms with Crippen LogP contribution >= 0.6 is 0 Å². The van der Waals surface area contributed by atoms with Crippen LogP contribution < -0.4 is 20.1 Å². The maximum atomic E-state index is 12.3. The molecule has 1 heterocycles. The summed E-state index contributed by atoms with van der Waals surface area (Å²) in [7, 11) is 0. The lowest BCUT2D eigenvalue weighted by atomic mass is 10.2. The molecule has 2 atom stereocenters. The van der Waals surface area contributed by atoms with E-state index in [0.717, 1.165) is 0 Å². The average molecular weight is 384 g/mol. The first kappa shape index (κ1) is 19.2. The van der Waals surface area contributed by atoms with Crippen molar-refractivity contribution in [2.45, 2.75) is 26.1 Å². The van der Waals surface area contributed by atoms with Gasteiger partial charge in [0.15, 0.2) is 17.6 Å². The van der Waals surface area contributed by atoms with E-state index in [1.54, 1.807) is 48.5 Å². The lowest BCUT2D eigenvalue weighted by Crippen LogP contribution is -2.41. The number of para-hydroxylation sites is 2. The van der Waals surface area contributed by atoms with Crippen molar-refractivity contribution in [1.82, 2.24) is 0 Å². The maximum Gasteiger partial charge on any atom is 0.351 e. The Balaban J connectivity index is 1.52. The number of amides is 2. The molecule has 0 saturated heterocycles. The molecule has 0 aliphatic carbocycles. The third kappa shape index (κ3) is 4.79. The fraction of sp³-hybridized carbons (Fsp3) is 0.250. The molecule has 0 spiro atoms. The van der Waals surface area contributed by atoms with Gasteiger partial charge in [0.25, 0.3) is 5.91 Å². The molecule has 2 amide bonds. The van der Waals surface area contributed by atoms with E-state index in [9.17, 15) is 14.4 Å². The van der Waals surface area contributed by atoms with Crippen LogP contribution in [0.25, 0.3) is 0 Å². The van der Waals surface area contributed by atoms with Crippen LogP contribution in [-0.2, 0) is 19.1 Å². The summed E-state index contributed by atoms with van der Waals surface area (Å²) in [5.74, 6) is -0.350. The zero-order valence-electron chi connectivity index (χ0n) is 15.4. The van der Waals surface area contributed by atoms with Crippen molar-refractivity contribution in [2.75, 3.05) is 17.2 Å². The van der Waals surface area contributed by atoms with Crippen molar-refractivity contribution in [1.29, 1.82) is 0 Å². The second kappa shape index (κ2) is 8.43. The maximum absolute atomic E-state index is 12.3. The van der Waals surface area contributed by atoms with Gasteiger partial charge in [0.2, 0.25) is 12.0 Å². The van der Waals surface area contributed by atoms with Crippen molar-refractivity contribution < 1.29 is 28.6 Å². The van der Waals surface area contributed by atoms with Gasteiger partial charge in [-0.25, -0.2) is 4.79 Å². The van der Waals surface area contributed by atoms with E-state index < -0.39 is 24.1 Å². The summed E-state index contributed by atoms with van der Waals surface area (Å²) in [4.78, 5) is 35.6. The van der Waals surface area contributed by atoms with E-state index in [-0.39, 0.29) is 12.5 Å². The molecular formula is C20H20N2O6. The number of rotatable bonds is 5. The summed E-state index contributed by atoms with van der Waals surface area (Å²) in [6.07, 6.45) is -1.97. The van der Waals surface area contributed by atoms with Crippen LogP contribution in [0.4, 0.5) is 11.4 Å². The summed E-state index contributed by atoms with van der Waals surface area (Å²) in [5.41, 5.74) is 1.12. The van der Waals surface area contributed by atoms with Gasteiger partial charge in [-0.15, -0.1) is 0 Å². The molecule has 0 bridgehead atoms. The van der Waals surface area contributed by atoms with E-state index in [2.05, 4.69) is 10.6 Å². The molecule has 28 heavy (non-hydrogen) atoms. The lowest BCUT2D eigenvalue weighted by molar-refractivity contribution is -0.162. The highest BCUT2D eigenvalue weighted by molar-refractivity contribution is 5.96. The number of hydrogen-bond donors (Lipinski definition) is 2. The molecule has 8 nitrogen and oxygen atoms in total. The van der Waals surface area contributed by atoms with Gasteiger partial charge >= 0.3 is 5.97 Å². The predicted octanol–water partition coefficient (Wildman–Crippen LogP) is 2.36. The third-order valence-electron chi connectivity index (χ3n) is 3.91. The van der Waals surface area contributed by atoms with Crippen LogP contribution in [0.2, 0.25) is 0 Å². The van der Waals surface area contributed by atoms with Crippen LogP contribution in [0.3, 0.4) is 0 Å². The Morgan fingerprint density at radius 2 is 1.61 bits per heavy atom. The van der Waals surface area contributed by atoms with Crippen LogP contribution in [0.5, 0.6) is 11.5 Å². The largest absolute Gasteiger partial charge is 0.485 e. The minimum absolute atomic E-state index is 0.00873. The number of fused-ring (bicyclic) bond motifs is 1. The molecule has 0 saturated carbocycles. The third-order valence-corrected chi connectivity index (χ3v) is 3.91. The molecule has 2 N–H and O–H groups in total. The Morgan fingerprint density at radius 3 is 2.25 bits per heavy atom. The normalized spacial score (nSPS) is 15.9. The smallest absolute Gasteiger partial charge is 0.351 e. The molecule has 2 aromatic carbocycles. The van der Waals surface area contributed by atoms with Gasteiger partial charge in [-0.1, -0.05) is 12.1 Å². The monoisotopic (exact) mass is 384 g/mol. The number of hydrogen-bond acceptors (Lipinski definition) is 6. The zero-order chi connectivity index (χ0) is 20.1. The van der Waals surface area contributed by atoms with E-state index in [1.165, 1.54) is 13.8 Å². The van der Waals surface area contributed by atoms with Crippen LogP contribution in [0.1, 0.15) is 13.8 Å². The topological polar surface area (TPSA) is 103 Å². The van der Waals surface area contributed by atoms with E-state index in [4.69, 9.17) is 14.2 Å². The Morgan fingerprint density at radius 1 is 1.00 bits per heavy atom. The van der Waals surface area contributed by atoms with Crippen LogP contribution in [-0.4, -0.2) is 36.6 Å². The molecule has 1 aliphatic heterocycles. The SMILES string of the molecule is CC(=O)Nc1ccc(NC(=O)[C@@H](C)OC(=O)[C@@H]2COc3ccccc3O2)cc1. The number of anilines is 2. The van der Waals surface area contributed by atoms with Crippen LogP contribution in [0, 0.1) is 0 Å². The molecule has 1 aliphatic rings. The number of ether oxygens (including phenoxy) is 3. The number of esters is 1. The average Bonchev–Trinajstić information content (AvgIpc) is 2.68. The fourth-order valence-corrected chi connectivity index (χ4v) is 2.52. The van der Waals surface area contributed by atoms with Crippen molar-refractivity contribution in [2.24, 2.45) is 0 Å². The van der Waals surface area contributed by atoms with Gasteiger partial charge in [0, 0.05) is 18.3 Å². The van der Waals surface area contributed by atoms with Crippen molar-refractivity contribution in [3.05, 3.63) is 48.5 Å². The van der Waals surface area contributed by atoms with Crippen molar-refractivity contribution in [3.8, 4) is 11.5 Å². The minimum Gasteiger partial charge on any atom is -0.485 e. The highest BCUT2D eigenvalue weighted by atomic mass is 16.6. The Bertz CT molecular complexity index is 881. The molecule has 146 valence electrons. The van der Waals surface area contributed by atoms with E-state index in [0.29, 0.717) is 22.9 Å². The molecule has 3 rings (SSSR count). The standard InChI is InChI=1S/C20H20N2O6/c1-12(19(24)22-15-9-7-14(8-10-15)21-13(2)23)27-20(25)18-11-26-16-5-3-4-6-17(16)28-18/h3-10,12,18H,11H2,1-2H3,(H,21,23)(H,22,24)/t12-,18+/m1/s1. The molecule has 2 aromatic rings. The lowest BCUT2D eigenvalue weighted by Gasteiger charge is -2.25. The zero-order valence-corrected chi connectivity index (χ0v) is 15.4. The van der Waals surface area contributed by atoms with E-state index in [1.807, 2.05) is 0 Å². The van der Waals surface area contributed by atoms with Gasteiger partial charge in [-0.05, 0) is 43.3 Å². The second-order valence-corrected chi connectivity index (χ2v) is 6.19. The number of nitrogens with one attached hydrogen (secondary N) is 2. The molecule has 0 aromatic heterocycles. The summed E-state index contributed by atoms with van der Waals surface area (Å²) < 4.78 is 16.3. The summed E-state index contributed by atoms with van der Waals surface area (Å²) in [6, 6.07) is 13.6. The predicted molar refractivity (Wildman–Crippen MR) is 101 cm³/mol. The summed E-state index contributed by atoms with van der Waals surface area (Å²) in [6.45, 7) is 2.89. The quantitative estimate of drug-likeness (QED) is 0.767. The number of benzene rings is 2. The Labute approximate surface area is 161 Å². The Kier molecular flexibility index (Phi) is 5.78. The van der Waals surface area contributed by atoms with E-state index >= 15 is 0 Å². The van der Waals surface area contributed by atoms with Gasteiger partial charge in [0.1, 0.15) is 6.61 Å². The number of carbonyl (C=O) groups is 3. The molecule has 0 radical (unpaired) electrons. The minimum atomic E-state index is -1.02. The van der Waals surface area contributed by atoms with Crippen molar-refractivity contribution in [3.63, 3.8) is 0 Å². The number of carbonyl (C=O) groups excluding carboxylic acids is 3. The highest BCUT2D eigenvalue weighted by Gasteiger charge is 2.31. The summed E-state index contributed by atoms with van der Waals surface area (Å²) >= 11 is 0. The first-order chi connectivity index (χ1) is 13.4.